The highest BCUT2D eigenvalue weighted by molar-refractivity contribution is 5.58. The summed E-state index contributed by atoms with van der Waals surface area (Å²) in [7, 11) is 3.15. The second-order valence-corrected chi connectivity index (χ2v) is 7.11. The third-order valence-electron chi connectivity index (χ3n) is 4.43. The summed E-state index contributed by atoms with van der Waals surface area (Å²) in [6.07, 6.45) is 0. The molecule has 3 N–H and O–H groups in total. The molecule has 3 rings (SSSR count). The van der Waals surface area contributed by atoms with Gasteiger partial charge < -0.3 is 19.9 Å². The number of nitrogens with two attached hydrogens (primary N) is 1. The molecule has 7 heteroatoms. The molecular weight excluding hydrogens is 332 g/mol. The number of H-pyrrole nitrogens is 1. The van der Waals surface area contributed by atoms with Crippen LogP contribution >= 0.6 is 0 Å². The summed E-state index contributed by atoms with van der Waals surface area (Å²) >= 11 is 0. The lowest BCUT2D eigenvalue weighted by atomic mass is 9.79. The summed E-state index contributed by atoms with van der Waals surface area (Å²) in [5.74, 6) is 1.24. The van der Waals surface area contributed by atoms with Crippen LogP contribution in [0.2, 0.25) is 0 Å². The van der Waals surface area contributed by atoms with E-state index in [1.807, 2.05) is 18.2 Å². The molecule has 1 aliphatic heterocycles. The molecule has 0 aliphatic carbocycles. The Labute approximate surface area is 152 Å². The molecule has 0 saturated carbocycles. The molecule has 0 unspecified atom stereocenters. The quantitative estimate of drug-likeness (QED) is 0.878. The Morgan fingerprint density at radius 1 is 1.23 bits per heavy atom. The van der Waals surface area contributed by atoms with Crippen LogP contribution in [0.4, 0.5) is 0 Å². The Balaban J connectivity index is 2.26. The van der Waals surface area contributed by atoms with Crippen LogP contribution in [0.1, 0.15) is 43.5 Å². The van der Waals surface area contributed by atoms with E-state index in [9.17, 15) is 5.26 Å². The van der Waals surface area contributed by atoms with Gasteiger partial charge in [0.05, 0.1) is 25.7 Å². The number of methoxy groups -OCH3 is 2. The first-order chi connectivity index (χ1) is 12.3. The lowest BCUT2D eigenvalue weighted by molar-refractivity contribution is 0.354. The van der Waals surface area contributed by atoms with Gasteiger partial charge in [-0.05, 0) is 17.7 Å². The lowest BCUT2D eigenvalue weighted by Crippen LogP contribution is -2.23. The summed E-state index contributed by atoms with van der Waals surface area (Å²) in [5, 5.41) is 17.0. The van der Waals surface area contributed by atoms with E-state index in [-0.39, 0.29) is 11.3 Å². The third kappa shape index (κ3) is 2.73. The van der Waals surface area contributed by atoms with Gasteiger partial charge in [0, 0.05) is 11.1 Å². The number of fused-ring (bicyclic) bond motifs is 1. The predicted molar refractivity (Wildman–Crippen MR) is 96.1 cm³/mol. The average Bonchev–Trinajstić information content (AvgIpc) is 3.03. The van der Waals surface area contributed by atoms with E-state index in [4.69, 9.17) is 19.9 Å². The zero-order valence-electron chi connectivity index (χ0n) is 15.5. The number of aromatic amines is 1. The van der Waals surface area contributed by atoms with Crippen LogP contribution in [0.15, 0.2) is 29.7 Å². The maximum Gasteiger partial charge on any atom is 0.244 e. The minimum Gasteiger partial charge on any atom is -0.493 e. The molecule has 7 nitrogen and oxygen atoms in total. The van der Waals surface area contributed by atoms with Crippen molar-refractivity contribution in [1.29, 1.82) is 5.26 Å². The summed E-state index contributed by atoms with van der Waals surface area (Å²) in [4.78, 5) is 0. The number of rotatable bonds is 3. The van der Waals surface area contributed by atoms with Crippen molar-refractivity contribution in [3.05, 3.63) is 46.5 Å². The van der Waals surface area contributed by atoms with E-state index < -0.39 is 5.92 Å². The summed E-state index contributed by atoms with van der Waals surface area (Å²) < 4.78 is 16.3. The summed E-state index contributed by atoms with van der Waals surface area (Å²) in [6, 6.07) is 7.75. The molecule has 0 spiro atoms. The number of nitriles is 1. The van der Waals surface area contributed by atoms with Gasteiger partial charge in [-0.1, -0.05) is 26.8 Å². The van der Waals surface area contributed by atoms with Crippen molar-refractivity contribution in [2.75, 3.05) is 14.2 Å². The summed E-state index contributed by atoms with van der Waals surface area (Å²) in [5.41, 5.74) is 8.69. The number of nitrogens with one attached hydrogen (secondary N) is 1. The summed E-state index contributed by atoms with van der Waals surface area (Å²) in [6.45, 7) is 6.21. The SMILES string of the molecule is COc1ccc([C@@H]2C(C#N)=C(N)Oc3n[nH]c(C(C)(C)C)c32)cc1OC. The first-order valence-electron chi connectivity index (χ1n) is 8.20. The number of ether oxygens (including phenoxy) is 3. The Morgan fingerprint density at radius 3 is 2.50 bits per heavy atom. The van der Waals surface area contributed by atoms with Gasteiger partial charge in [-0.25, -0.2) is 0 Å². The fourth-order valence-electron chi connectivity index (χ4n) is 3.18. The molecule has 1 aromatic carbocycles. The number of allylic oxidation sites excluding steroid dienone is 1. The van der Waals surface area contributed by atoms with Gasteiger partial charge in [-0.3, -0.25) is 5.10 Å². The molecule has 1 aliphatic rings. The topological polar surface area (TPSA) is 106 Å². The first kappa shape index (κ1) is 17.7. The van der Waals surface area contributed by atoms with E-state index >= 15 is 0 Å². The van der Waals surface area contributed by atoms with Gasteiger partial charge in [0.2, 0.25) is 11.8 Å². The molecule has 0 saturated heterocycles. The van der Waals surface area contributed by atoms with Gasteiger partial charge in [0.15, 0.2) is 11.5 Å². The molecule has 2 aromatic rings. The van der Waals surface area contributed by atoms with Crippen LogP contribution < -0.4 is 19.9 Å². The monoisotopic (exact) mass is 354 g/mol. The molecule has 136 valence electrons. The number of nitrogens with zero attached hydrogens (tertiary/aromatic N) is 2. The van der Waals surface area contributed by atoms with Crippen LogP contribution in [0.25, 0.3) is 0 Å². The molecule has 0 amide bonds. The van der Waals surface area contributed by atoms with Crippen LogP contribution in [0, 0.1) is 11.3 Å². The number of hydrogen-bond acceptors (Lipinski definition) is 6. The number of hydrogen-bond donors (Lipinski definition) is 2. The van der Waals surface area contributed by atoms with Crippen molar-refractivity contribution in [2.45, 2.75) is 32.1 Å². The Kier molecular flexibility index (Phi) is 4.28. The fraction of sp³-hybridized carbons (Fsp3) is 0.368. The van der Waals surface area contributed by atoms with Crippen LogP contribution in [-0.4, -0.2) is 24.4 Å². The smallest absolute Gasteiger partial charge is 0.244 e. The maximum atomic E-state index is 9.72. The molecule has 1 atom stereocenters. The third-order valence-corrected chi connectivity index (χ3v) is 4.43. The van der Waals surface area contributed by atoms with Gasteiger partial charge in [-0.15, -0.1) is 5.10 Å². The van der Waals surface area contributed by atoms with Crippen molar-refractivity contribution in [2.24, 2.45) is 5.73 Å². The van der Waals surface area contributed by atoms with Crippen molar-refractivity contribution < 1.29 is 14.2 Å². The number of aromatic nitrogens is 2. The molecule has 0 bridgehead atoms. The van der Waals surface area contributed by atoms with Crippen molar-refractivity contribution >= 4 is 0 Å². The van der Waals surface area contributed by atoms with Gasteiger partial charge in [-0.2, -0.15) is 5.26 Å². The molecule has 1 aromatic heterocycles. The molecule has 0 radical (unpaired) electrons. The Bertz CT molecular complexity index is 916. The second kappa shape index (κ2) is 6.30. The van der Waals surface area contributed by atoms with E-state index in [1.165, 1.54) is 0 Å². The van der Waals surface area contributed by atoms with Gasteiger partial charge >= 0.3 is 0 Å². The highest BCUT2D eigenvalue weighted by atomic mass is 16.5. The average molecular weight is 354 g/mol. The second-order valence-electron chi connectivity index (χ2n) is 7.11. The van der Waals surface area contributed by atoms with E-state index in [0.29, 0.717) is 23.0 Å². The minimum atomic E-state index is -0.406. The fourth-order valence-corrected chi connectivity index (χ4v) is 3.18. The van der Waals surface area contributed by atoms with Crippen LogP contribution in [-0.2, 0) is 5.41 Å². The first-order valence-corrected chi connectivity index (χ1v) is 8.20. The molecule has 26 heavy (non-hydrogen) atoms. The maximum absolute atomic E-state index is 9.72. The normalized spacial score (nSPS) is 16.5. The molecular formula is C19H22N4O3. The van der Waals surface area contributed by atoms with Crippen molar-refractivity contribution in [3.8, 4) is 23.4 Å². The zero-order chi connectivity index (χ0) is 19.1. The van der Waals surface area contributed by atoms with E-state index in [1.54, 1.807) is 14.2 Å². The van der Waals surface area contributed by atoms with Crippen LogP contribution in [0.3, 0.4) is 0 Å². The van der Waals surface area contributed by atoms with Gasteiger partial charge in [0.1, 0.15) is 11.6 Å². The van der Waals surface area contributed by atoms with Crippen LogP contribution in [0.5, 0.6) is 17.4 Å². The highest BCUT2D eigenvalue weighted by Crippen LogP contribution is 2.46. The van der Waals surface area contributed by atoms with Crippen molar-refractivity contribution in [3.63, 3.8) is 0 Å². The Morgan fingerprint density at radius 2 is 1.92 bits per heavy atom. The highest BCUT2D eigenvalue weighted by Gasteiger charge is 2.38. The molecule has 2 heterocycles. The Hall–Kier alpha value is -3.14. The number of benzene rings is 1. The predicted octanol–water partition coefficient (Wildman–Crippen LogP) is 2.94. The zero-order valence-corrected chi connectivity index (χ0v) is 15.5. The van der Waals surface area contributed by atoms with Crippen molar-refractivity contribution in [1.82, 2.24) is 10.2 Å². The standard InChI is InChI=1S/C19H22N4O3/c1-19(2,3)16-15-14(10-6-7-12(24-4)13(8-10)25-5)11(9-20)17(21)26-18(15)23-22-16/h6-8,14H,21H2,1-5H3,(H,22,23)/t14-/m1/s1. The van der Waals surface area contributed by atoms with Gasteiger partial charge in [0.25, 0.3) is 0 Å². The largest absolute Gasteiger partial charge is 0.493 e. The van der Waals surface area contributed by atoms with E-state index in [0.717, 1.165) is 16.8 Å². The lowest BCUT2D eigenvalue weighted by Gasteiger charge is -2.27. The van der Waals surface area contributed by atoms with E-state index in [2.05, 4.69) is 37.0 Å². The molecule has 0 fully saturated rings. The minimum absolute atomic E-state index is 0.0618.